The Bertz CT molecular complexity index is 495. The van der Waals surface area contributed by atoms with E-state index < -0.39 is 0 Å². The zero-order chi connectivity index (χ0) is 13.3. The molecule has 1 aromatic carbocycles. The van der Waals surface area contributed by atoms with Crippen molar-refractivity contribution in [2.75, 3.05) is 12.3 Å². The standard InChI is InChI=1S/C16H21N3/c17-10-9-16(7-8-16)12-19(14-5-6-14)11-13-3-1-2-4-15(13)18/h1-4,14H,5-9,11-12,18H2. The molecule has 0 amide bonds. The summed E-state index contributed by atoms with van der Waals surface area (Å²) in [5.74, 6) is 0. The zero-order valence-corrected chi connectivity index (χ0v) is 11.3. The molecule has 0 bridgehead atoms. The van der Waals surface area contributed by atoms with Gasteiger partial charge in [-0.25, -0.2) is 0 Å². The van der Waals surface area contributed by atoms with Crippen LogP contribution in [0.25, 0.3) is 0 Å². The number of hydrogen-bond acceptors (Lipinski definition) is 3. The molecule has 2 fully saturated rings. The van der Waals surface area contributed by atoms with E-state index in [1.54, 1.807) is 0 Å². The lowest BCUT2D eigenvalue weighted by atomic mass is 10.0. The van der Waals surface area contributed by atoms with Crippen molar-refractivity contribution >= 4 is 5.69 Å². The van der Waals surface area contributed by atoms with Crippen LogP contribution in [0.5, 0.6) is 0 Å². The molecule has 0 heterocycles. The van der Waals surface area contributed by atoms with Crippen LogP contribution in [0.1, 0.15) is 37.7 Å². The number of rotatable bonds is 6. The normalized spacial score (nSPS) is 20.2. The van der Waals surface area contributed by atoms with Gasteiger partial charge < -0.3 is 5.73 Å². The minimum Gasteiger partial charge on any atom is -0.398 e. The van der Waals surface area contributed by atoms with Gasteiger partial charge in [0.1, 0.15) is 0 Å². The van der Waals surface area contributed by atoms with Crippen LogP contribution in [-0.4, -0.2) is 17.5 Å². The van der Waals surface area contributed by atoms with Crippen molar-refractivity contribution in [3.05, 3.63) is 29.8 Å². The van der Waals surface area contributed by atoms with Crippen molar-refractivity contribution in [2.45, 2.75) is 44.7 Å². The van der Waals surface area contributed by atoms with Crippen LogP contribution >= 0.6 is 0 Å². The predicted molar refractivity (Wildman–Crippen MR) is 76.2 cm³/mol. The fourth-order valence-corrected chi connectivity index (χ4v) is 2.82. The SMILES string of the molecule is N#CCC1(CN(Cc2ccccc2N)C2CC2)CC1. The smallest absolute Gasteiger partial charge is 0.0628 e. The molecule has 2 aliphatic rings. The van der Waals surface area contributed by atoms with Gasteiger partial charge >= 0.3 is 0 Å². The van der Waals surface area contributed by atoms with E-state index in [4.69, 9.17) is 11.0 Å². The van der Waals surface area contributed by atoms with E-state index in [0.29, 0.717) is 11.8 Å². The van der Waals surface area contributed by atoms with Gasteiger partial charge in [0, 0.05) is 31.2 Å². The van der Waals surface area contributed by atoms with Crippen molar-refractivity contribution in [3.8, 4) is 6.07 Å². The summed E-state index contributed by atoms with van der Waals surface area (Å²) < 4.78 is 0. The van der Waals surface area contributed by atoms with Gasteiger partial charge in [-0.2, -0.15) is 5.26 Å². The van der Waals surface area contributed by atoms with Crippen LogP contribution in [0.3, 0.4) is 0 Å². The Labute approximate surface area is 115 Å². The second-order valence-corrected chi connectivity index (χ2v) is 6.17. The lowest BCUT2D eigenvalue weighted by Crippen LogP contribution is -2.32. The monoisotopic (exact) mass is 255 g/mol. The number of nitrogens with zero attached hydrogens (tertiary/aromatic N) is 2. The van der Waals surface area contributed by atoms with Gasteiger partial charge in [-0.1, -0.05) is 18.2 Å². The summed E-state index contributed by atoms with van der Waals surface area (Å²) in [6, 6.07) is 11.2. The third-order valence-corrected chi connectivity index (χ3v) is 4.44. The quantitative estimate of drug-likeness (QED) is 0.795. The van der Waals surface area contributed by atoms with E-state index in [1.165, 1.54) is 31.2 Å². The van der Waals surface area contributed by atoms with Gasteiger partial charge in [0.2, 0.25) is 0 Å². The van der Waals surface area contributed by atoms with E-state index in [0.717, 1.165) is 24.8 Å². The van der Waals surface area contributed by atoms with E-state index in [-0.39, 0.29) is 0 Å². The van der Waals surface area contributed by atoms with Gasteiger partial charge in [0.25, 0.3) is 0 Å². The number of benzene rings is 1. The summed E-state index contributed by atoms with van der Waals surface area (Å²) >= 11 is 0. The number of para-hydroxylation sites is 1. The van der Waals surface area contributed by atoms with Crippen molar-refractivity contribution < 1.29 is 0 Å². The summed E-state index contributed by atoms with van der Waals surface area (Å²) in [5.41, 5.74) is 8.45. The molecule has 2 saturated carbocycles. The molecule has 3 rings (SSSR count). The maximum absolute atomic E-state index is 8.95. The number of nitrogen functional groups attached to an aromatic ring is 1. The first-order valence-corrected chi connectivity index (χ1v) is 7.17. The predicted octanol–water partition coefficient (Wildman–Crippen LogP) is 2.93. The van der Waals surface area contributed by atoms with Crippen molar-refractivity contribution in [2.24, 2.45) is 5.41 Å². The molecular formula is C16H21N3. The van der Waals surface area contributed by atoms with E-state index >= 15 is 0 Å². The van der Waals surface area contributed by atoms with Gasteiger partial charge in [-0.15, -0.1) is 0 Å². The Morgan fingerprint density at radius 3 is 2.63 bits per heavy atom. The Kier molecular flexibility index (Phi) is 3.20. The first kappa shape index (κ1) is 12.5. The Balaban J connectivity index is 1.69. The molecule has 0 aromatic heterocycles. The van der Waals surface area contributed by atoms with Crippen LogP contribution in [-0.2, 0) is 6.54 Å². The molecule has 100 valence electrons. The molecule has 0 unspecified atom stereocenters. The highest BCUT2D eigenvalue weighted by Gasteiger charge is 2.45. The number of nitriles is 1. The second-order valence-electron chi connectivity index (χ2n) is 6.17. The van der Waals surface area contributed by atoms with E-state index in [2.05, 4.69) is 23.1 Å². The molecule has 2 aliphatic carbocycles. The lowest BCUT2D eigenvalue weighted by molar-refractivity contribution is 0.203. The second kappa shape index (κ2) is 4.86. The Hall–Kier alpha value is -1.53. The van der Waals surface area contributed by atoms with Crippen LogP contribution in [0.2, 0.25) is 0 Å². The van der Waals surface area contributed by atoms with E-state index in [1.807, 2.05) is 12.1 Å². The fourth-order valence-electron chi connectivity index (χ4n) is 2.82. The van der Waals surface area contributed by atoms with Gasteiger partial charge in [-0.05, 0) is 42.7 Å². The van der Waals surface area contributed by atoms with Crippen molar-refractivity contribution in [1.29, 1.82) is 5.26 Å². The largest absolute Gasteiger partial charge is 0.398 e. The molecule has 3 nitrogen and oxygen atoms in total. The fraction of sp³-hybridized carbons (Fsp3) is 0.562. The molecule has 0 aliphatic heterocycles. The lowest BCUT2D eigenvalue weighted by Gasteiger charge is -2.27. The third kappa shape index (κ3) is 2.90. The third-order valence-electron chi connectivity index (χ3n) is 4.44. The molecule has 19 heavy (non-hydrogen) atoms. The molecule has 2 N–H and O–H groups in total. The average molecular weight is 255 g/mol. The van der Waals surface area contributed by atoms with Gasteiger partial charge in [0.15, 0.2) is 0 Å². The number of hydrogen-bond donors (Lipinski definition) is 1. The number of anilines is 1. The van der Waals surface area contributed by atoms with Crippen LogP contribution < -0.4 is 5.73 Å². The first-order chi connectivity index (χ1) is 9.22. The highest BCUT2D eigenvalue weighted by Crippen LogP contribution is 2.50. The summed E-state index contributed by atoms with van der Waals surface area (Å²) in [6.07, 6.45) is 5.74. The van der Waals surface area contributed by atoms with Crippen molar-refractivity contribution in [3.63, 3.8) is 0 Å². The van der Waals surface area contributed by atoms with Crippen molar-refractivity contribution in [1.82, 2.24) is 4.90 Å². The summed E-state index contributed by atoms with van der Waals surface area (Å²) in [5, 5.41) is 8.95. The first-order valence-electron chi connectivity index (χ1n) is 7.17. The van der Waals surface area contributed by atoms with Crippen LogP contribution in [0, 0.1) is 16.7 Å². The van der Waals surface area contributed by atoms with Gasteiger partial charge in [-0.3, -0.25) is 4.90 Å². The minimum absolute atomic E-state index is 0.293. The molecule has 0 atom stereocenters. The summed E-state index contributed by atoms with van der Waals surface area (Å²) in [4.78, 5) is 2.55. The summed E-state index contributed by atoms with van der Waals surface area (Å²) in [6.45, 7) is 2.00. The zero-order valence-electron chi connectivity index (χ0n) is 11.3. The average Bonchev–Trinajstić information content (AvgIpc) is 3.26. The maximum atomic E-state index is 8.95. The van der Waals surface area contributed by atoms with Gasteiger partial charge in [0.05, 0.1) is 6.07 Å². The topological polar surface area (TPSA) is 53.0 Å². The van der Waals surface area contributed by atoms with Crippen LogP contribution in [0.4, 0.5) is 5.69 Å². The summed E-state index contributed by atoms with van der Waals surface area (Å²) in [7, 11) is 0. The molecule has 3 heteroatoms. The molecule has 0 radical (unpaired) electrons. The Morgan fingerprint density at radius 1 is 1.32 bits per heavy atom. The van der Waals surface area contributed by atoms with Crippen LogP contribution in [0.15, 0.2) is 24.3 Å². The Morgan fingerprint density at radius 2 is 2.05 bits per heavy atom. The highest BCUT2D eigenvalue weighted by atomic mass is 15.2. The van der Waals surface area contributed by atoms with E-state index in [9.17, 15) is 0 Å². The number of nitrogens with two attached hydrogens (primary N) is 1. The molecule has 1 aromatic rings. The highest BCUT2D eigenvalue weighted by molar-refractivity contribution is 5.46. The molecule has 0 saturated heterocycles. The minimum atomic E-state index is 0.293. The molecule has 0 spiro atoms. The molecular weight excluding hydrogens is 234 g/mol. The maximum Gasteiger partial charge on any atom is 0.0628 e.